The van der Waals surface area contributed by atoms with Crippen molar-refractivity contribution in [1.29, 1.82) is 0 Å². The maximum absolute atomic E-state index is 4.58. The molecule has 18 heavy (non-hydrogen) atoms. The summed E-state index contributed by atoms with van der Waals surface area (Å²) < 4.78 is 3.73. The summed E-state index contributed by atoms with van der Waals surface area (Å²) in [5.41, 5.74) is 4.46. The van der Waals surface area contributed by atoms with Crippen LogP contribution in [-0.4, -0.2) is 25.6 Å². The van der Waals surface area contributed by atoms with Crippen molar-refractivity contribution in [2.24, 2.45) is 14.1 Å². The molecule has 0 atom stereocenters. The Balaban J connectivity index is 1.91. The summed E-state index contributed by atoms with van der Waals surface area (Å²) >= 11 is 0. The van der Waals surface area contributed by atoms with E-state index in [1.165, 1.54) is 18.4 Å². The Bertz CT molecular complexity index is 562. The van der Waals surface area contributed by atoms with E-state index in [1.807, 2.05) is 36.6 Å². The highest BCUT2D eigenvalue weighted by molar-refractivity contribution is 5.64. The van der Waals surface area contributed by atoms with Crippen LogP contribution in [0.15, 0.2) is 12.4 Å². The minimum Gasteiger partial charge on any atom is -0.310 e. The molecule has 2 heterocycles. The van der Waals surface area contributed by atoms with Gasteiger partial charge in [0.25, 0.3) is 0 Å². The molecule has 2 aromatic heterocycles. The fraction of sp³-hybridized carbons (Fsp3) is 0.538. The SMILES string of the molecule is Cc1nn(C)cc1-c1nn(C)cc1CNC1CC1. The molecule has 5 heteroatoms. The zero-order chi connectivity index (χ0) is 12.7. The van der Waals surface area contributed by atoms with E-state index in [2.05, 4.69) is 21.7 Å². The van der Waals surface area contributed by atoms with Gasteiger partial charge in [0.2, 0.25) is 0 Å². The molecular formula is C13H19N5. The van der Waals surface area contributed by atoms with E-state index < -0.39 is 0 Å². The van der Waals surface area contributed by atoms with Crippen molar-refractivity contribution in [3.63, 3.8) is 0 Å². The number of rotatable bonds is 4. The van der Waals surface area contributed by atoms with Gasteiger partial charge in [-0.05, 0) is 19.8 Å². The Morgan fingerprint density at radius 2 is 1.94 bits per heavy atom. The van der Waals surface area contributed by atoms with E-state index in [-0.39, 0.29) is 0 Å². The van der Waals surface area contributed by atoms with Crippen LogP contribution in [-0.2, 0) is 20.6 Å². The van der Waals surface area contributed by atoms with Crippen molar-refractivity contribution in [3.8, 4) is 11.3 Å². The molecule has 1 aliphatic rings. The molecule has 0 spiro atoms. The van der Waals surface area contributed by atoms with Crippen LogP contribution in [0.1, 0.15) is 24.1 Å². The topological polar surface area (TPSA) is 47.7 Å². The molecule has 3 rings (SSSR count). The number of aryl methyl sites for hydroxylation is 3. The van der Waals surface area contributed by atoms with Crippen molar-refractivity contribution in [3.05, 3.63) is 23.7 Å². The third kappa shape index (κ3) is 2.18. The maximum atomic E-state index is 4.58. The van der Waals surface area contributed by atoms with E-state index in [4.69, 9.17) is 0 Å². The van der Waals surface area contributed by atoms with E-state index in [0.717, 1.165) is 23.5 Å². The Morgan fingerprint density at radius 1 is 1.22 bits per heavy atom. The van der Waals surface area contributed by atoms with Crippen molar-refractivity contribution in [2.75, 3.05) is 0 Å². The smallest absolute Gasteiger partial charge is 0.100 e. The van der Waals surface area contributed by atoms with Gasteiger partial charge in [0.1, 0.15) is 5.69 Å². The van der Waals surface area contributed by atoms with Gasteiger partial charge in [0, 0.05) is 50.2 Å². The number of aromatic nitrogens is 4. The standard InChI is InChI=1S/C13H19N5/c1-9-12(8-18(3)15-9)13-10(7-17(2)16-13)6-14-11-4-5-11/h7-8,11,14H,4-6H2,1-3H3. The van der Waals surface area contributed by atoms with Crippen LogP contribution in [0.5, 0.6) is 0 Å². The molecule has 0 unspecified atom stereocenters. The van der Waals surface area contributed by atoms with Crippen LogP contribution < -0.4 is 5.32 Å². The lowest BCUT2D eigenvalue weighted by Crippen LogP contribution is -2.15. The quantitative estimate of drug-likeness (QED) is 0.885. The lowest BCUT2D eigenvalue weighted by Gasteiger charge is -2.02. The van der Waals surface area contributed by atoms with Crippen molar-refractivity contribution < 1.29 is 0 Å². The molecule has 0 aromatic carbocycles. The zero-order valence-electron chi connectivity index (χ0n) is 11.1. The predicted molar refractivity (Wildman–Crippen MR) is 70.0 cm³/mol. The van der Waals surface area contributed by atoms with E-state index in [9.17, 15) is 0 Å². The first-order chi connectivity index (χ1) is 8.63. The Kier molecular flexibility index (Phi) is 2.70. The van der Waals surface area contributed by atoms with Crippen LogP contribution in [0.2, 0.25) is 0 Å². The zero-order valence-corrected chi connectivity index (χ0v) is 11.1. The van der Waals surface area contributed by atoms with Crippen molar-refractivity contribution in [2.45, 2.75) is 32.4 Å². The number of nitrogens with zero attached hydrogens (tertiary/aromatic N) is 4. The summed E-state index contributed by atoms with van der Waals surface area (Å²) in [4.78, 5) is 0. The first-order valence-electron chi connectivity index (χ1n) is 6.40. The molecule has 1 fully saturated rings. The minimum absolute atomic E-state index is 0.716. The highest BCUT2D eigenvalue weighted by Gasteiger charge is 2.22. The average Bonchev–Trinajstić information content (AvgIpc) is 2.98. The Hall–Kier alpha value is -1.62. The number of hydrogen-bond acceptors (Lipinski definition) is 3. The molecule has 0 amide bonds. The van der Waals surface area contributed by atoms with Gasteiger partial charge < -0.3 is 5.32 Å². The molecule has 0 saturated heterocycles. The Labute approximate surface area is 107 Å². The lowest BCUT2D eigenvalue weighted by molar-refractivity contribution is 0.687. The number of hydrogen-bond donors (Lipinski definition) is 1. The fourth-order valence-electron chi connectivity index (χ4n) is 2.27. The fourth-order valence-corrected chi connectivity index (χ4v) is 2.27. The van der Waals surface area contributed by atoms with Crippen LogP contribution in [0, 0.1) is 6.92 Å². The monoisotopic (exact) mass is 245 g/mol. The van der Waals surface area contributed by atoms with E-state index >= 15 is 0 Å². The molecule has 2 aromatic rings. The third-order valence-electron chi connectivity index (χ3n) is 3.33. The minimum atomic E-state index is 0.716. The third-order valence-corrected chi connectivity index (χ3v) is 3.33. The van der Waals surface area contributed by atoms with Gasteiger partial charge in [0.15, 0.2) is 0 Å². The van der Waals surface area contributed by atoms with Gasteiger partial charge in [-0.1, -0.05) is 0 Å². The molecule has 96 valence electrons. The molecule has 5 nitrogen and oxygen atoms in total. The molecule has 1 saturated carbocycles. The summed E-state index contributed by atoms with van der Waals surface area (Å²) in [5, 5.41) is 12.5. The van der Waals surface area contributed by atoms with Gasteiger partial charge in [0.05, 0.1) is 5.69 Å². The summed E-state index contributed by atoms with van der Waals surface area (Å²) in [6.07, 6.45) is 6.75. The van der Waals surface area contributed by atoms with Crippen molar-refractivity contribution >= 4 is 0 Å². The summed E-state index contributed by atoms with van der Waals surface area (Å²) in [6.45, 7) is 2.92. The van der Waals surface area contributed by atoms with Crippen LogP contribution >= 0.6 is 0 Å². The molecular weight excluding hydrogens is 226 g/mol. The second kappa shape index (κ2) is 4.24. The van der Waals surface area contributed by atoms with Gasteiger partial charge in [-0.3, -0.25) is 9.36 Å². The highest BCUT2D eigenvalue weighted by Crippen LogP contribution is 2.26. The maximum Gasteiger partial charge on any atom is 0.100 e. The second-order valence-corrected chi connectivity index (χ2v) is 5.13. The summed E-state index contributed by atoms with van der Waals surface area (Å²) in [7, 11) is 3.91. The van der Waals surface area contributed by atoms with Crippen molar-refractivity contribution in [1.82, 2.24) is 24.9 Å². The summed E-state index contributed by atoms with van der Waals surface area (Å²) in [6, 6.07) is 0.716. The van der Waals surface area contributed by atoms with Gasteiger partial charge in [-0.2, -0.15) is 10.2 Å². The largest absolute Gasteiger partial charge is 0.310 e. The lowest BCUT2D eigenvalue weighted by atomic mass is 10.1. The predicted octanol–water partition coefficient (Wildman–Crippen LogP) is 1.38. The molecule has 0 radical (unpaired) electrons. The molecule has 1 N–H and O–H groups in total. The first kappa shape index (κ1) is 11.5. The second-order valence-electron chi connectivity index (χ2n) is 5.13. The van der Waals surface area contributed by atoms with E-state index in [0.29, 0.717) is 6.04 Å². The van der Waals surface area contributed by atoms with Gasteiger partial charge in [-0.15, -0.1) is 0 Å². The van der Waals surface area contributed by atoms with Gasteiger partial charge >= 0.3 is 0 Å². The summed E-state index contributed by atoms with van der Waals surface area (Å²) in [5.74, 6) is 0. The van der Waals surface area contributed by atoms with Crippen LogP contribution in [0.3, 0.4) is 0 Å². The normalized spacial score (nSPS) is 15.3. The Morgan fingerprint density at radius 3 is 2.56 bits per heavy atom. The highest BCUT2D eigenvalue weighted by atomic mass is 15.3. The number of nitrogens with one attached hydrogen (secondary N) is 1. The molecule has 0 bridgehead atoms. The van der Waals surface area contributed by atoms with Crippen LogP contribution in [0.25, 0.3) is 11.3 Å². The average molecular weight is 245 g/mol. The van der Waals surface area contributed by atoms with E-state index in [1.54, 1.807) is 0 Å². The van der Waals surface area contributed by atoms with Crippen LogP contribution in [0.4, 0.5) is 0 Å². The first-order valence-corrected chi connectivity index (χ1v) is 6.40. The molecule has 0 aliphatic heterocycles. The molecule has 1 aliphatic carbocycles. The van der Waals surface area contributed by atoms with Gasteiger partial charge in [-0.25, -0.2) is 0 Å².